The van der Waals surface area contributed by atoms with Gasteiger partial charge in [-0.25, -0.2) is 4.98 Å². The van der Waals surface area contributed by atoms with Crippen LogP contribution in [0.15, 0.2) is 29.6 Å². The summed E-state index contributed by atoms with van der Waals surface area (Å²) in [6.45, 7) is 5.25. The molecular formula is C16H20N2O2S. The summed E-state index contributed by atoms with van der Waals surface area (Å²) >= 11 is 1.58. The van der Waals surface area contributed by atoms with Gasteiger partial charge in [-0.15, -0.1) is 11.3 Å². The van der Waals surface area contributed by atoms with Crippen molar-refractivity contribution in [3.8, 4) is 5.75 Å². The van der Waals surface area contributed by atoms with E-state index in [1.54, 1.807) is 18.4 Å². The molecule has 1 aromatic heterocycles. The number of hydrogen-bond donors (Lipinski definition) is 0. The van der Waals surface area contributed by atoms with E-state index in [0.29, 0.717) is 19.5 Å². The molecule has 0 spiro atoms. The molecule has 112 valence electrons. The van der Waals surface area contributed by atoms with E-state index in [9.17, 15) is 4.79 Å². The lowest BCUT2D eigenvalue weighted by Crippen LogP contribution is -2.31. The van der Waals surface area contributed by atoms with E-state index in [0.717, 1.165) is 22.0 Å². The highest BCUT2D eigenvalue weighted by Crippen LogP contribution is 2.14. The number of ether oxygens (including phenoxy) is 1. The minimum atomic E-state index is 0.110. The van der Waals surface area contributed by atoms with Gasteiger partial charge in [0.05, 0.1) is 24.2 Å². The number of rotatable bonds is 6. The van der Waals surface area contributed by atoms with Crippen LogP contribution in [0.3, 0.4) is 0 Å². The Morgan fingerprint density at radius 3 is 2.57 bits per heavy atom. The quantitative estimate of drug-likeness (QED) is 0.824. The van der Waals surface area contributed by atoms with Crippen LogP contribution in [0.4, 0.5) is 0 Å². The number of aryl methyl sites for hydroxylation is 1. The third-order valence-corrected chi connectivity index (χ3v) is 4.09. The number of benzene rings is 1. The minimum absolute atomic E-state index is 0.110. The Balaban J connectivity index is 1.99. The number of aromatic nitrogens is 1. The zero-order valence-corrected chi connectivity index (χ0v) is 13.4. The first kappa shape index (κ1) is 15.5. The monoisotopic (exact) mass is 304 g/mol. The van der Waals surface area contributed by atoms with Gasteiger partial charge in [0.25, 0.3) is 0 Å². The maximum absolute atomic E-state index is 12.3. The van der Waals surface area contributed by atoms with Gasteiger partial charge in [0.1, 0.15) is 5.75 Å². The molecule has 0 N–H and O–H groups in total. The summed E-state index contributed by atoms with van der Waals surface area (Å²) in [6.07, 6.45) is 0.369. The van der Waals surface area contributed by atoms with Crippen molar-refractivity contribution in [1.82, 2.24) is 9.88 Å². The molecule has 0 aliphatic heterocycles. The Labute approximate surface area is 129 Å². The van der Waals surface area contributed by atoms with Crippen molar-refractivity contribution >= 4 is 17.2 Å². The fourth-order valence-corrected chi connectivity index (χ4v) is 2.70. The molecule has 1 heterocycles. The van der Waals surface area contributed by atoms with E-state index in [1.165, 1.54) is 0 Å². The van der Waals surface area contributed by atoms with Crippen LogP contribution in [0.2, 0.25) is 0 Å². The smallest absolute Gasteiger partial charge is 0.228 e. The SMILES string of the molecule is CCN(Cc1ccc(OC)cc1)C(=O)Cc1csc(C)n1. The fraction of sp³-hybridized carbons (Fsp3) is 0.375. The average molecular weight is 304 g/mol. The van der Waals surface area contributed by atoms with Crippen molar-refractivity contribution in [1.29, 1.82) is 0 Å². The Bertz CT molecular complexity index is 593. The Hall–Kier alpha value is -1.88. The van der Waals surface area contributed by atoms with Crippen molar-refractivity contribution in [3.63, 3.8) is 0 Å². The molecule has 21 heavy (non-hydrogen) atoms. The van der Waals surface area contributed by atoms with Gasteiger partial charge in [0.15, 0.2) is 0 Å². The van der Waals surface area contributed by atoms with Gasteiger partial charge in [-0.2, -0.15) is 0 Å². The molecule has 0 unspecified atom stereocenters. The normalized spacial score (nSPS) is 10.4. The Kier molecular flexibility index (Phi) is 5.33. The number of amides is 1. The topological polar surface area (TPSA) is 42.4 Å². The number of hydrogen-bond acceptors (Lipinski definition) is 4. The van der Waals surface area contributed by atoms with Gasteiger partial charge in [-0.3, -0.25) is 4.79 Å². The minimum Gasteiger partial charge on any atom is -0.497 e. The molecule has 2 aromatic rings. The fourth-order valence-electron chi connectivity index (χ4n) is 2.08. The summed E-state index contributed by atoms with van der Waals surface area (Å²) in [5, 5.41) is 2.95. The number of nitrogens with zero attached hydrogens (tertiary/aromatic N) is 2. The van der Waals surface area contributed by atoms with E-state index in [4.69, 9.17) is 4.74 Å². The van der Waals surface area contributed by atoms with Crippen LogP contribution >= 0.6 is 11.3 Å². The van der Waals surface area contributed by atoms with Crippen LogP contribution in [-0.2, 0) is 17.8 Å². The van der Waals surface area contributed by atoms with Crippen molar-refractivity contribution in [3.05, 3.63) is 45.9 Å². The van der Waals surface area contributed by atoms with Crippen LogP contribution in [0.5, 0.6) is 5.75 Å². The van der Waals surface area contributed by atoms with Crippen molar-refractivity contribution in [2.75, 3.05) is 13.7 Å². The number of thiazole rings is 1. The molecule has 0 radical (unpaired) electrons. The summed E-state index contributed by atoms with van der Waals surface area (Å²) in [5.41, 5.74) is 1.95. The Morgan fingerprint density at radius 1 is 1.33 bits per heavy atom. The summed E-state index contributed by atoms with van der Waals surface area (Å²) in [4.78, 5) is 18.5. The van der Waals surface area contributed by atoms with Gasteiger partial charge in [-0.1, -0.05) is 12.1 Å². The summed E-state index contributed by atoms with van der Waals surface area (Å²) < 4.78 is 5.14. The maximum Gasteiger partial charge on any atom is 0.228 e. The lowest BCUT2D eigenvalue weighted by Gasteiger charge is -2.20. The van der Waals surface area contributed by atoms with Crippen LogP contribution in [0, 0.1) is 6.92 Å². The van der Waals surface area contributed by atoms with E-state index in [1.807, 2.05) is 48.4 Å². The van der Waals surface area contributed by atoms with Gasteiger partial charge in [0.2, 0.25) is 5.91 Å². The molecule has 0 saturated carbocycles. The highest BCUT2D eigenvalue weighted by molar-refractivity contribution is 7.09. The lowest BCUT2D eigenvalue weighted by atomic mass is 10.2. The lowest BCUT2D eigenvalue weighted by molar-refractivity contribution is -0.130. The molecule has 0 atom stereocenters. The second-order valence-electron chi connectivity index (χ2n) is 4.79. The van der Waals surface area contributed by atoms with E-state index < -0.39 is 0 Å². The molecular weight excluding hydrogens is 284 g/mol. The van der Waals surface area contributed by atoms with Gasteiger partial charge >= 0.3 is 0 Å². The molecule has 0 saturated heterocycles. The largest absolute Gasteiger partial charge is 0.497 e. The maximum atomic E-state index is 12.3. The number of methoxy groups -OCH3 is 1. The molecule has 1 amide bonds. The predicted octanol–water partition coefficient (Wildman–Crippen LogP) is 3.05. The first-order valence-electron chi connectivity index (χ1n) is 6.94. The summed E-state index contributed by atoms with van der Waals surface area (Å²) in [6, 6.07) is 7.80. The zero-order chi connectivity index (χ0) is 15.2. The van der Waals surface area contributed by atoms with Gasteiger partial charge < -0.3 is 9.64 Å². The zero-order valence-electron chi connectivity index (χ0n) is 12.6. The molecule has 5 heteroatoms. The number of carbonyl (C=O) groups excluding carboxylic acids is 1. The highest BCUT2D eigenvalue weighted by atomic mass is 32.1. The van der Waals surface area contributed by atoms with Crippen LogP contribution < -0.4 is 4.74 Å². The molecule has 0 aliphatic rings. The number of carbonyl (C=O) groups is 1. The Morgan fingerprint density at radius 2 is 2.05 bits per heavy atom. The second kappa shape index (κ2) is 7.22. The van der Waals surface area contributed by atoms with Crippen molar-refractivity contribution < 1.29 is 9.53 Å². The standard InChI is InChI=1S/C16H20N2O2S/c1-4-18(10-13-5-7-15(20-3)8-6-13)16(19)9-14-11-21-12(2)17-14/h5-8,11H,4,9-10H2,1-3H3. The third kappa shape index (κ3) is 4.29. The second-order valence-corrected chi connectivity index (χ2v) is 5.85. The third-order valence-electron chi connectivity index (χ3n) is 3.27. The predicted molar refractivity (Wildman–Crippen MR) is 84.6 cm³/mol. The summed E-state index contributed by atoms with van der Waals surface area (Å²) in [7, 11) is 1.65. The van der Waals surface area contributed by atoms with Gasteiger partial charge in [-0.05, 0) is 31.5 Å². The average Bonchev–Trinajstić information content (AvgIpc) is 2.90. The van der Waals surface area contributed by atoms with Crippen LogP contribution in [-0.4, -0.2) is 29.4 Å². The van der Waals surface area contributed by atoms with Gasteiger partial charge in [0, 0.05) is 18.5 Å². The van der Waals surface area contributed by atoms with Crippen molar-refractivity contribution in [2.45, 2.75) is 26.8 Å². The first-order chi connectivity index (χ1) is 10.1. The van der Waals surface area contributed by atoms with E-state index in [2.05, 4.69) is 4.98 Å². The van der Waals surface area contributed by atoms with Crippen LogP contribution in [0.1, 0.15) is 23.2 Å². The molecule has 0 fully saturated rings. The summed E-state index contributed by atoms with van der Waals surface area (Å²) in [5.74, 6) is 0.935. The molecule has 4 nitrogen and oxygen atoms in total. The van der Waals surface area contributed by atoms with Crippen molar-refractivity contribution in [2.24, 2.45) is 0 Å². The number of likely N-dealkylation sites (N-methyl/N-ethyl adjacent to an activating group) is 1. The first-order valence-corrected chi connectivity index (χ1v) is 7.82. The van der Waals surface area contributed by atoms with Crippen LogP contribution in [0.25, 0.3) is 0 Å². The molecule has 1 aromatic carbocycles. The van der Waals surface area contributed by atoms with E-state index >= 15 is 0 Å². The molecule has 0 bridgehead atoms. The highest BCUT2D eigenvalue weighted by Gasteiger charge is 2.14. The molecule has 2 rings (SSSR count). The van der Waals surface area contributed by atoms with E-state index in [-0.39, 0.29) is 5.91 Å². The molecule has 0 aliphatic carbocycles.